The standard InChI is InChI=1S/C19H13I2N3O3/c1-24-18(25)16(23-19(24)26)8-11-6-14(20)17(15(21)7-11)27-10-13-5-3-2-4-12(13)9-22/h2-8H,10H2,1H3,(H,23,26)/b16-8+. The summed E-state index contributed by atoms with van der Waals surface area (Å²) in [5.41, 5.74) is 2.43. The molecule has 0 atom stereocenters. The molecule has 1 aliphatic rings. The molecule has 2 aromatic rings. The van der Waals surface area contributed by atoms with Gasteiger partial charge < -0.3 is 10.1 Å². The maximum atomic E-state index is 12.0. The minimum atomic E-state index is -0.438. The molecule has 0 radical (unpaired) electrons. The second-order valence-corrected chi connectivity index (χ2v) is 8.05. The molecule has 1 N–H and O–H groups in total. The summed E-state index contributed by atoms with van der Waals surface area (Å²) in [6.07, 6.45) is 1.64. The monoisotopic (exact) mass is 585 g/mol. The quantitative estimate of drug-likeness (QED) is 0.336. The Morgan fingerprint density at radius 3 is 2.48 bits per heavy atom. The lowest BCUT2D eigenvalue weighted by molar-refractivity contribution is -0.121. The molecule has 0 bridgehead atoms. The molecule has 1 heterocycles. The van der Waals surface area contributed by atoms with Crippen molar-refractivity contribution < 1.29 is 14.3 Å². The topological polar surface area (TPSA) is 82.4 Å². The zero-order chi connectivity index (χ0) is 19.6. The van der Waals surface area contributed by atoms with Crippen molar-refractivity contribution in [3.05, 3.63) is 65.9 Å². The van der Waals surface area contributed by atoms with E-state index in [1.54, 1.807) is 12.1 Å². The Morgan fingerprint density at radius 1 is 1.22 bits per heavy atom. The van der Waals surface area contributed by atoms with Crippen LogP contribution in [0.3, 0.4) is 0 Å². The number of ether oxygens (including phenoxy) is 1. The first-order valence-electron chi connectivity index (χ1n) is 7.81. The van der Waals surface area contributed by atoms with E-state index in [-0.39, 0.29) is 18.2 Å². The van der Waals surface area contributed by atoms with E-state index in [0.29, 0.717) is 11.3 Å². The minimum Gasteiger partial charge on any atom is -0.487 e. The molecule has 1 aliphatic heterocycles. The van der Waals surface area contributed by atoms with E-state index in [9.17, 15) is 14.9 Å². The molecule has 3 rings (SSSR count). The zero-order valence-corrected chi connectivity index (χ0v) is 18.4. The van der Waals surface area contributed by atoms with Crippen LogP contribution in [0.15, 0.2) is 42.1 Å². The third-order valence-electron chi connectivity index (χ3n) is 3.92. The first-order chi connectivity index (χ1) is 12.9. The van der Waals surface area contributed by atoms with Crippen molar-refractivity contribution >= 4 is 63.2 Å². The van der Waals surface area contributed by atoms with Gasteiger partial charge in [-0.05, 0) is 75.0 Å². The molecule has 0 aromatic heterocycles. The van der Waals surface area contributed by atoms with Gasteiger partial charge in [-0.3, -0.25) is 9.69 Å². The lowest BCUT2D eigenvalue weighted by Crippen LogP contribution is -2.25. The number of amides is 3. The number of nitriles is 1. The average molecular weight is 585 g/mol. The number of halogens is 2. The summed E-state index contributed by atoms with van der Waals surface area (Å²) >= 11 is 4.33. The predicted octanol–water partition coefficient (Wildman–Crippen LogP) is 3.87. The van der Waals surface area contributed by atoms with Crippen molar-refractivity contribution in [2.75, 3.05) is 7.05 Å². The van der Waals surface area contributed by atoms with Crippen LogP contribution < -0.4 is 10.1 Å². The second kappa shape index (κ2) is 8.26. The van der Waals surface area contributed by atoms with Gasteiger partial charge in [0.05, 0.1) is 18.8 Å². The minimum absolute atomic E-state index is 0.241. The fourth-order valence-electron chi connectivity index (χ4n) is 2.50. The number of nitrogens with one attached hydrogen (secondary N) is 1. The summed E-state index contributed by atoms with van der Waals surface area (Å²) in [6, 6.07) is 12.8. The van der Waals surface area contributed by atoms with Crippen LogP contribution in [0.2, 0.25) is 0 Å². The fraction of sp³-hybridized carbons (Fsp3) is 0.105. The zero-order valence-electron chi connectivity index (χ0n) is 14.1. The van der Waals surface area contributed by atoms with Crippen LogP contribution >= 0.6 is 45.2 Å². The van der Waals surface area contributed by atoms with Crippen LogP contribution in [0.25, 0.3) is 6.08 Å². The van der Waals surface area contributed by atoms with Crippen molar-refractivity contribution in [1.29, 1.82) is 5.26 Å². The second-order valence-electron chi connectivity index (χ2n) is 5.72. The fourth-order valence-corrected chi connectivity index (χ4v) is 4.62. The first-order valence-corrected chi connectivity index (χ1v) is 9.97. The molecule has 0 unspecified atom stereocenters. The lowest BCUT2D eigenvalue weighted by Gasteiger charge is -2.12. The third kappa shape index (κ3) is 4.24. The SMILES string of the molecule is CN1C(=O)N/C(=C/c2cc(I)c(OCc3ccccc3C#N)c(I)c2)C1=O. The van der Waals surface area contributed by atoms with Gasteiger partial charge in [-0.2, -0.15) is 5.26 Å². The normalized spacial score (nSPS) is 15.0. The Morgan fingerprint density at radius 2 is 1.89 bits per heavy atom. The molecule has 0 saturated carbocycles. The van der Waals surface area contributed by atoms with Gasteiger partial charge in [0.2, 0.25) is 0 Å². The third-order valence-corrected chi connectivity index (χ3v) is 5.53. The van der Waals surface area contributed by atoms with Crippen molar-refractivity contribution in [2.24, 2.45) is 0 Å². The Bertz CT molecular complexity index is 988. The number of carbonyl (C=O) groups is 2. The van der Waals surface area contributed by atoms with Crippen molar-refractivity contribution in [3.63, 3.8) is 0 Å². The van der Waals surface area contributed by atoms with Crippen molar-refractivity contribution in [1.82, 2.24) is 10.2 Å². The predicted molar refractivity (Wildman–Crippen MR) is 117 cm³/mol. The summed E-state index contributed by atoms with van der Waals surface area (Å²) < 4.78 is 7.68. The molecular weight excluding hydrogens is 572 g/mol. The van der Waals surface area contributed by atoms with Crippen LogP contribution in [-0.4, -0.2) is 23.9 Å². The van der Waals surface area contributed by atoms with Gasteiger partial charge in [0.15, 0.2) is 0 Å². The Balaban J connectivity index is 1.83. The number of urea groups is 1. The summed E-state index contributed by atoms with van der Waals surface area (Å²) in [6.45, 7) is 0.287. The molecule has 1 fully saturated rings. The smallest absolute Gasteiger partial charge is 0.328 e. The Hall–Kier alpha value is -2.13. The lowest BCUT2D eigenvalue weighted by atomic mass is 10.1. The average Bonchev–Trinajstić information content (AvgIpc) is 2.88. The summed E-state index contributed by atoms with van der Waals surface area (Å²) in [4.78, 5) is 24.6. The van der Waals surface area contributed by atoms with E-state index in [1.807, 2.05) is 30.3 Å². The summed E-state index contributed by atoms with van der Waals surface area (Å²) in [5, 5.41) is 11.7. The van der Waals surface area contributed by atoms with Gasteiger partial charge in [0, 0.05) is 12.6 Å². The van der Waals surface area contributed by atoms with E-state index in [1.165, 1.54) is 7.05 Å². The number of imide groups is 1. The molecule has 0 spiro atoms. The van der Waals surface area contributed by atoms with Crippen LogP contribution in [-0.2, 0) is 11.4 Å². The molecular formula is C19H13I2N3O3. The number of hydrogen-bond acceptors (Lipinski definition) is 4. The number of likely N-dealkylation sites (N-methyl/N-ethyl adjacent to an activating group) is 1. The number of rotatable bonds is 4. The van der Waals surface area contributed by atoms with E-state index in [0.717, 1.165) is 23.2 Å². The highest BCUT2D eigenvalue weighted by Gasteiger charge is 2.30. The summed E-state index contributed by atoms with van der Waals surface area (Å²) in [7, 11) is 1.43. The van der Waals surface area contributed by atoms with Gasteiger partial charge in [-0.15, -0.1) is 0 Å². The van der Waals surface area contributed by atoms with Gasteiger partial charge in [-0.25, -0.2) is 4.79 Å². The van der Waals surface area contributed by atoms with Gasteiger partial charge >= 0.3 is 6.03 Å². The van der Waals surface area contributed by atoms with Gasteiger partial charge in [0.25, 0.3) is 5.91 Å². The van der Waals surface area contributed by atoms with Crippen molar-refractivity contribution in [3.8, 4) is 11.8 Å². The molecule has 8 heteroatoms. The molecule has 6 nitrogen and oxygen atoms in total. The van der Waals surface area contributed by atoms with Crippen LogP contribution in [0.4, 0.5) is 4.79 Å². The number of hydrogen-bond donors (Lipinski definition) is 1. The molecule has 0 aliphatic carbocycles. The first kappa shape index (κ1) is 19.6. The van der Waals surface area contributed by atoms with E-state index < -0.39 is 6.03 Å². The molecule has 27 heavy (non-hydrogen) atoms. The Kier molecular flexibility index (Phi) is 6.01. The highest BCUT2D eigenvalue weighted by Crippen LogP contribution is 2.31. The maximum absolute atomic E-state index is 12.0. The Labute approximate surface area is 183 Å². The highest BCUT2D eigenvalue weighted by atomic mass is 127. The van der Waals surface area contributed by atoms with Crippen molar-refractivity contribution in [2.45, 2.75) is 6.61 Å². The summed E-state index contributed by atoms with van der Waals surface area (Å²) in [5.74, 6) is 0.350. The van der Waals surface area contributed by atoms with Crippen LogP contribution in [0.5, 0.6) is 5.75 Å². The van der Waals surface area contributed by atoms with Gasteiger partial charge in [0.1, 0.15) is 18.1 Å². The molecule has 136 valence electrons. The van der Waals surface area contributed by atoms with Crippen LogP contribution in [0.1, 0.15) is 16.7 Å². The molecule has 2 aromatic carbocycles. The molecule has 3 amide bonds. The van der Waals surface area contributed by atoms with Gasteiger partial charge in [-0.1, -0.05) is 18.2 Å². The van der Waals surface area contributed by atoms with Crippen LogP contribution in [0, 0.1) is 18.5 Å². The van der Waals surface area contributed by atoms with E-state index in [4.69, 9.17) is 4.74 Å². The van der Waals surface area contributed by atoms with E-state index in [2.05, 4.69) is 56.6 Å². The highest BCUT2D eigenvalue weighted by molar-refractivity contribution is 14.1. The molecule has 1 saturated heterocycles. The number of carbonyl (C=O) groups excluding carboxylic acids is 2. The van der Waals surface area contributed by atoms with E-state index >= 15 is 0 Å². The number of benzene rings is 2. The number of nitrogens with zero attached hydrogens (tertiary/aromatic N) is 2. The maximum Gasteiger partial charge on any atom is 0.328 e. The largest absolute Gasteiger partial charge is 0.487 e.